The average molecular weight is 279 g/mol. The van der Waals surface area contributed by atoms with E-state index < -0.39 is 0 Å². The normalized spacial score (nSPS) is 9.74. The van der Waals surface area contributed by atoms with Crippen LogP contribution < -0.4 is 11.5 Å². The van der Waals surface area contributed by atoms with Crippen LogP contribution in [0.25, 0.3) is 0 Å². The molecule has 0 unspecified atom stereocenters. The zero-order valence-electron chi connectivity index (χ0n) is 10.7. The highest BCUT2D eigenvalue weighted by molar-refractivity contribution is 8.14. The monoisotopic (exact) mass is 279 g/mol. The second-order valence-corrected chi connectivity index (χ2v) is 4.83. The third kappa shape index (κ3) is 5.91. The molecule has 0 saturated carbocycles. The fraction of sp³-hybridized carbons (Fsp3) is 0.250. The first-order valence-electron chi connectivity index (χ1n) is 5.58. The fourth-order valence-electron chi connectivity index (χ4n) is 1.34. The number of carbonyl (C=O) groups excluding carboxylic acids is 1. The lowest BCUT2D eigenvalue weighted by atomic mass is 10.2. The summed E-state index contributed by atoms with van der Waals surface area (Å²) in [6.45, 7) is 0.538. The lowest BCUT2D eigenvalue weighted by Crippen LogP contribution is -2.28. The molecule has 0 aromatic heterocycles. The summed E-state index contributed by atoms with van der Waals surface area (Å²) in [6, 6.07) is 9.70. The van der Waals surface area contributed by atoms with E-state index in [4.69, 9.17) is 16.9 Å². The van der Waals surface area contributed by atoms with E-state index in [0.717, 1.165) is 17.3 Å². The predicted molar refractivity (Wildman–Crippen MR) is 78.9 cm³/mol. The Labute approximate surface area is 116 Å². The van der Waals surface area contributed by atoms with Gasteiger partial charge in [-0.3, -0.25) is 10.2 Å². The summed E-state index contributed by atoms with van der Waals surface area (Å²) in [5.41, 5.74) is 11.3. The molecule has 6 nitrogen and oxygen atoms in total. The molecule has 1 amide bonds. The molecule has 0 saturated heterocycles. The summed E-state index contributed by atoms with van der Waals surface area (Å²) in [7, 11) is 1.72. The van der Waals surface area contributed by atoms with Gasteiger partial charge in [-0.2, -0.15) is 4.99 Å². The van der Waals surface area contributed by atoms with Gasteiger partial charge in [0.1, 0.15) is 0 Å². The standard InChI is InChI=1S/C12H17N5OS/c1-17(7-9-5-3-2-4-6-9)10(18)8-19-12(15)16-11(13)14/h2-6H,7-8H2,1H3,(H5,13,14,15,16). The second kappa shape index (κ2) is 7.42. The van der Waals surface area contributed by atoms with Gasteiger partial charge in [-0.25, -0.2) is 0 Å². The maximum atomic E-state index is 11.8. The second-order valence-electron chi connectivity index (χ2n) is 3.87. The van der Waals surface area contributed by atoms with Crippen molar-refractivity contribution in [3.05, 3.63) is 35.9 Å². The van der Waals surface area contributed by atoms with Gasteiger partial charge in [0.05, 0.1) is 5.75 Å². The molecule has 1 aromatic rings. The van der Waals surface area contributed by atoms with Crippen molar-refractivity contribution in [1.29, 1.82) is 5.41 Å². The number of aliphatic imine (C=N–C) groups is 1. The largest absolute Gasteiger partial charge is 0.370 e. The van der Waals surface area contributed by atoms with Crippen LogP contribution in [0, 0.1) is 5.41 Å². The number of amidine groups is 1. The first-order chi connectivity index (χ1) is 8.99. The SMILES string of the molecule is CN(Cc1ccccc1)C(=O)CSC(=N)N=C(N)N. The number of hydrogen-bond donors (Lipinski definition) is 3. The van der Waals surface area contributed by atoms with Crippen LogP contribution in [-0.4, -0.2) is 34.7 Å². The zero-order valence-corrected chi connectivity index (χ0v) is 11.5. The van der Waals surface area contributed by atoms with E-state index in [1.54, 1.807) is 11.9 Å². The summed E-state index contributed by atoms with van der Waals surface area (Å²) in [5.74, 6) is -0.120. The highest BCUT2D eigenvalue weighted by Gasteiger charge is 2.10. The van der Waals surface area contributed by atoms with Gasteiger partial charge in [-0.1, -0.05) is 42.1 Å². The molecule has 0 aliphatic heterocycles. The van der Waals surface area contributed by atoms with Gasteiger partial charge in [0.2, 0.25) is 5.91 Å². The minimum absolute atomic E-state index is 0.0681. The molecule has 0 atom stereocenters. The number of amides is 1. The maximum absolute atomic E-state index is 11.8. The van der Waals surface area contributed by atoms with Crippen molar-refractivity contribution < 1.29 is 4.79 Å². The minimum atomic E-state index is -0.178. The van der Waals surface area contributed by atoms with Crippen molar-refractivity contribution in [2.45, 2.75) is 6.54 Å². The Morgan fingerprint density at radius 1 is 1.37 bits per heavy atom. The first kappa shape index (κ1) is 15.0. The summed E-state index contributed by atoms with van der Waals surface area (Å²) in [4.78, 5) is 17.0. The lowest BCUT2D eigenvalue weighted by molar-refractivity contribution is -0.127. The number of hydrogen-bond acceptors (Lipinski definition) is 3. The van der Waals surface area contributed by atoms with Crippen molar-refractivity contribution in [2.75, 3.05) is 12.8 Å². The molecule has 0 aliphatic rings. The molecule has 102 valence electrons. The van der Waals surface area contributed by atoms with Crippen LogP contribution in [0.1, 0.15) is 5.56 Å². The third-order valence-corrected chi connectivity index (χ3v) is 3.01. The number of benzene rings is 1. The average Bonchev–Trinajstić information content (AvgIpc) is 2.36. The van der Waals surface area contributed by atoms with E-state index in [2.05, 4.69) is 4.99 Å². The molecule has 0 fully saturated rings. The lowest BCUT2D eigenvalue weighted by Gasteiger charge is -2.16. The molecular weight excluding hydrogens is 262 g/mol. The summed E-state index contributed by atoms with van der Waals surface area (Å²) >= 11 is 0.996. The Balaban J connectivity index is 2.41. The molecule has 0 bridgehead atoms. The van der Waals surface area contributed by atoms with Crippen LogP contribution in [0.15, 0.2) is 35.3 Å². The molecule has 0 aliphatic carbocycles. The summed E-state index contributed by atoms with van der Waals surface area (Å²) < 4.78 is 0. The van der Waals surface area contributed by atoms with Crippen LogP contribution in [-0.2, 0) is 11.3 Å². The highest BCUT2D eigenvalue weighted by Crippen LogP contribution is 2.08. The quantitative estimate of drug-likeness (QED) is 0.553. The molecule has 1 aromatic carbocycles. The Bertz CT molecular complexity index is 470. The molecule has 0 radical (unpaired) electrons. The molecular formula is C12H17N5OS. The van der Waals surface area contributed by atoms with Crippen LogP contribution in [0.3, 0.4) is 0 Å². The van der Waals surface area contributed by atoms with Crippen molar-refractivity contribution in [3.63, 3.8) is 0 Å². The van der Waals surface area contributed by atoms with Gasteiger partial charge in [-0.05, 0) is 5.56 Å². The topological polar surface area (TPSA) is 109 Å². The molecule has 5 N–H and O–H groups in total. The molecule has 19 heavy (non-hydrogen) atoms. The van der Waals surface area contributed by atoms with E-state index in [1.807, 2.05) is 30.3 Å². The number of carbonyl (C=O) groups is 1. The Hall–Kier alpha value is -2.02. The number of nitrogens with zero attached hydrogens (tertiary/aromatic N) is 2. The van der Waals surface area contributed by atoms with Crippen LogP contribution in [0.4, 0.5) is 0 Å². The van der Waals surface area contributed by atoms with Crippen molar-refractivity contribution in [3.8, 4) is 0 Å². The third-order valence-electron chi connectivity index (χ3n) is 2.25. The molecule has 7 heteroatoms. The predicted octanol–water partition coefficient (Wildman–Crippen LogP) is 0.586. The van der Waals surface area contributed by atoms with Gasteiger partial charge in [0.25, 0.3) is 0 Å². The van der Waals surface area contributed by atoms with Crippen LogP contribution in [0.5, 0.6) is 0 Å². The van der Waals surface area contributed by atoms with E-state index in [9.17, 15) is 4.79 Å². The van der Waals surface area contributed by atoms with E-state index in [-0.39, 0.29) is 22.8 Å². The maximum Gasteiger partial charge on any atom is 0.233 e. The molecule has 0 heterocycles. The van der Waals surface area contributed by atoms with E-state index >= 15 is 0 Å². The van der Waals surface area contributed by atoms with Gasteiger partial charge < -0.3 is 16.4 Å². The number of thioether (sulfide) groups is 1. The Kier molecular flexibility index (Phi) is 5.87. The van der Waals surface area contributed by atoms with E-state index in [1.165, 1.54) is 0 Å². The van der Waals surface area contributed by atoms with Crippen molar-refractivity contribution in [1.82, 2.24) is 4.90 Å². The van der Waals surface area contributed by atoms with E-state index in [0.29, 0.717) is 6.54 Å². The first-order valence-corrected chi connectivity index (χ1v) is 6.56. The fourth-order valence-corrected chi connectivity index (χ4v) is 1.99. The zero-order chi connectivity index (χ0) is 14.3. The van der Waals surface area contributed by atoms with Gasteiger partial charge in [0.15, 0.2) is 11.1 Å². The van der Waals surface area contributed by atoms with Crippen LogP contribution in [0.2, 0.25) is 0 Å². The van der Waals surface area contributed by atoms with Crippen molar-refractivity contribution >= 4 is 28.8 Å². The minimum Gasteiger partial charge on any atom is -0.370 e. The van der Waals surface area contributed by atoms with Crippen molar-refractivity contribution in [2.24, 2.45) is 16.5 Å². The highest BCUT2D eigenvalue weighted by atomic mass is 32.2. The smallest absolute Gasteiger partial charge is 0.233 e. The Morgan fingerprint density at radius 3 is 2.58 bits per heavy atom. The number of nitrogens with two attached hydrogens (primary N) is 2. The molecule has 1 rings (SSSR count). The number of rotatable bonds is 4. The summed E-state index contributed by atoms with van der Waals surface area (Å²) in [5, 5.41) is 7.35. The number of guanidine groups is 1. The number of nitrogens with one attached hydrogen (secondary N) is 1. The molecule has 0 spiro atoms. The summed E-state index contributed by atoms with van der Waals surface area (Å²) in [6.07, 6.45) is 0. The Morgan fingerprint density at radius 2 is 2.00 bits per heavy atom. The van der Waals surface area contributed by atoms with Gasteiger partial charge in [-0.15, -0.1) is 0 Å². The van der Waals surface area contributed by atoms with Gasteiger partial charge >= 0.3 is 0 Å². The van der Waals surface area contributed by atoms with Gasteiger partial charge in [0, 0.05) is 13.6 Å². The van der Waals surface area contributed by atoms with Crippen LogP contribution >= 0.6 is 11.8 Å².